The average Bonchev–Trinajstić information content (AvgIpc) is 2.45. The van der Waals surface area contributed by atoms with Crippen molar-refractivity contribution in [2.45, 2.75) is 32.6 Å². The summed E-state index contributed by atoms with van der Waals surface area (Å²) in [6.07, 6.45) is 8.00. The zero-order valence-corrected chi connectivity index (χ0v) is 14.6. The molecule has 0 radical (unpaired) electrons. The minimum absolute atomic E-state index is 0.0581. The lowest BCUT2D eigenvalue weighted by Crippen LogP contribution is -2.15. The fourth-order valence-electron chi connectivity index (χ4n) is 1.73. The van der Waals surface area contributed by atoms with Gasteiger partial charge in [0.1, 0.15) is 0 Å². The molecule has 21 heavy (non-hydrogen) atoms. The normalized spacial score (nSPS) is 14.5. The topological polar surface area (TPSA) is 21.6 Å². The highest BCUT2D eigenvalue weighted by molar-refractivity contribution is 6.81. The third-order valence-electron chi connectivity index (χ3n) is 2.86. The monoisotopic (exact) mass is 301 g/mol. The van der Waals surface area contributed by atoms with Crippen LogP contribution in [0.5, 0.6) is 0 Å². The molecule has 0 saturated carbocycles. The van der Waals surface area contributed by atoms with Gasteiger partial charge in [-0.05, 0) is 12.5 Å². The van der Waals surface area contributed by atoms with Gasteiger partial charge in [-0.25, -0.2) is 0 Å². The third-order valence-corrected chi connectivity index (χ3v) is 4.05. The molecule has 0 aromatic heterocycles. The van der Waals surface area contributed by atoms with E-state index in [1.54, 1.807) is 0 Å². The van der Waals surface area contributed by atoms with Crippen molar-refractivity contribution < 1.29 is 4.74 Å². The number of rotatable bonds is 8. The summed E-state index contributed by atoms with van der Waals surface area (Å²) in [4.78, 5) is 4.66. The van der Waals surface area contributed by atoms with Gasteiger partial charge in [-0.1, -0.05) is 73.9 Å². The second kappa shape index (κ2) is 9.48. The van der Waals surface area contributed by atoms with Crippen molar-refractivity contribution in [1.29, 1.82) is 0 Å². The molecule has 0 aliphatic carbocycles. The van der Waals surface area contributed by atoms with Crippen molar-refractivity contribution in [3.05, 3.63) is 59.8 Å². The van der Waals surface area contributed by atoms with Crippen LogP contribution in [0, 0.1) is 0 Å². The van der Waals surface area contributed by atoms with Crippen LogP contribution in [0.3, 0.4) is 0 Å². The van der Waals surface area contributed by atoms with E-state index in [-0.39, 0.29) is 6.04 Å². The van der Waals surface area contributed by atoms with Crippen LogP contribution >= 0.6 is 0 Å². The van der Waals surface area contributed by atoms with E-state index in [0.717, 1.165) is 0 Å². The quantitative estimate of drug-likeness (QED) is 0.292. The van der Waals surface area contributed by atoms with Gasteiger partial charge in [0.25, 0.3) is 0 Å². The van der Waals surface area contributed by atoms with Crippen LogP contribution in [0.25, 0.3) is 0 Å². The zero-order chi connectivity index (χ0) is 15.6. The maximum Gasteiger partial charge on any atom is 0.0982 e. The molecule has 0 spiro atoms. The Labute approximate surface area is 130 Å². The highest BCUT2D eigenvalue weighted by Gasteiger charge is 2.09. The molecular formula is C18H27NOSi. The molecule has 1 rings (SSSR count). The molecule has 0 aliphatic heterocycles. The molecule has 0 N–H and O–H groups in total. The number of nitrogens with zero attached hydrogens (tertiary/aromatic N) is 1. The van der Waals surface area contributed by atoms with Crippen molar-refractivity contribution in [2.24, 2.45) is 4.99 Å². The number of ether oxygens (including phenoxy) is 1. The Bertz CT molecular complexity index is 472. The van der Waals surface area contributed by atoms with Crippen molar-refractivity contribution in [2.75, 3.05) is 13.2 Å². The Morgan fingerprint density at radius 3 is 2.52 bits per heavy atom. The van der Waals surface area contributed by atoms with Gasteiger partial charge in [0, 0.05) is 6.21 Å². The van der Waals surface area contributed by atoms with Gasteiger partial charge in [0.05, 0.1) is 27.3 Å². The van der Waals surface area contributed by atoms with E-state index < -0.39 is 8.07 Å². The first kappa shape index (κ1) is 17.6. The predicted octanol–water partition coefficient (Wildman–Crippen LogP) is 4.82. The largest absolute Gasteiger partial charge is 0.375 e. The van der Waals surface area contributed by atoms with Crippen LogP contribution in [0.4, 0.5) is 0 Å². The maximum atomic E-state index is 5.67. The molecule has 2 nitrogen and oxygen atoms in total. The fourth-order valence-corrected chi connectivity index (χ4v) is 2.39. The number of hydrogen-bond donors (Lipinski definition) is 0. The van der Waals surface area contributed by atoms with Crippen molar-refractivity contribution in [1.82, 2.24) is 0 Å². The molecule has 0 amide bonds. The first-order chi connectivity index (χ1) is 10.0. The lowest BCUT2D eigenvalue weighted by atomic mass is 10.1. The number of benzene rings is 1. The molecule has 0 fully saturated rings. The summed E-state index contributed by atoms with van der Waals surface area (Å²) in [7, 11) is -1.16. The SMILES string of the molecule is C/C=C/COC[C@H](N=C/C=C/[Si](C)(C)C)c1ccccc1. The van der Waals surface area contributed by atoms with E-state index in [2.05, 4.69) is 48.5 Å². The highest BCUT2D eigenvalue weighted by Crippen LogP contribution is 2.17. The molecule has 0 bridgehead atoms. The lowest BCUT2D eigenvalue weighted by molar-refractivity contribution is 0.148. The second-order valence-corrected chi connectivity index (χ2v) is 11.1. The van der Waals surface area contributed by atoms with Crippen LogP contribution in [0.15, 0.2) is 59.3 Å². The Hall–Kier alpha value is -1.45. The van der Waals surface area contributed by atoms with Gasteiger partial charge in [-0.3, -0.25) is 4.99 Å². The van der Waals surface area contributed by atoms with E-state index in [1.807, 2.05) is 43.5 Å². The summed E-state index contributed by atoms with van der Waals surface area (Å²) in [6.45, 7) is 10.2. The molecule has 1 aromatic rings. The first-order valence-electron chi connectivity index (χ1n) is 7.48. The first-order valence-corrected chi connectivity index (χ1v) is 11.1. The average molecular weight is 302 g/mol. The summed E-state index contributed by atoms with van der Waals surface area (Å²) >= 11 is 0. The van der Waals surface area contributed by atoms with Gasteiger partial charge < -0.3 is 4.74 Å². The van der Waals surface area contributed by atoms with Gasteiger partial charge >= 0.3 is 0 Å². The standard InChI is InChI=1S/C18H27NOSi/c1-5-6-14-20-16-18(17-11-8-7-9-12-17)19-13-10-15-21(2,3)4/h5-13,15,18H,14,16H2,1-4H3/b6-5+,15-10+,19-13?/t18-/m0/s1. The highest BCUT2D eigenvalue weighted by atomic mass is 28.3. The van der Waals surface area contributed by atoms with E-state index in [1.165, 1.54) is 5.56 Å². The maximum absolute atomic E-state index is 5.67. The Morgan fingerprint density at radius 2 is 1.90 bits per heavy atom. The van der Waals surface area contributed by atoms with Crippen LogP contribution in [0.1, 0.15) is 18.5 Å². The third kappa shape index (κ3) is 8.43. The van der Waals surface area contributed by atoms with Gasteiger partial charge in [-0.2, -0.15) is 0 Å². The summed E-state index contributed by atoms with van der Waals surface area (Å²) in [5.74, 6) is 0. The van der Waals surface area contributed by atoms with Gasteiger partial charge in [-0.15, -0.1) is 0 Å². The summed E-state index contributed by atoms with van der Waals surface area (Å²) < 4.78 is 5.67. The van der Waals surface area contributed by atoms with Crippen LogP contribution in [-0.2, 0) is 4.74 Å². The summed E-state index contributed by atoms with van der Waals surface area (Å²) in [6, 6.07) is 10.4. The molecule has 3 heteroatoms. The Balaban J connectivity index is 2.68. The molecule has 114 valence electrons. The van der Waals surface area contributed by atoms with Crippen molar-refractivity contribution in [3.63, 3.8) is 0 Å². The smallest absolute Gasteiger partial charge is 0.0982 e. The van der Waals surface area contributed by atoms with Crippen LogP contribution in [-0.4, -0.2) is 27.5 Å². The molecule has 0 unspecified atom stereocenters. The fraction of sp³-hybridized carbons (Fsp3) is 0.389. The van der Waals surface area contributed by atoms with Crippen molar-refractivity contribution >= 4 is 14.3 Å². The molecule has 1 atom stereocenters. The number of hydrogen-bond acceptors (Lipinski definition) is 2. The number of aliphatic imine (C=N–C) groups is 1. The minimum atomic E-state index is -1.16. The molecule has 0 saturated heterocycles. The van der Waals surface area contributed by atoms with Gasteiger partial charge in [0.2, 0.25) is 0 Å². The van der Waals surface area contributed by atoms with Crippen LogP contribution in [0.2, 0.25) is 19.6 Å². The summed E-state index contributed by atoms with van der Waals surface area (Å²) in [5.41, 5.74) is 3.48. The van der Waals surface area contributed by atoms with E-state index in [4.69, 9.17) is 4.74 Å². The van der Waals surface area contributed by atoms with E-state index in [0.29, 0.717) is 13.2 Å². The lowest BCUT2D eigenvalue weighted by Gasteiger charge is -2.12. The van der Waals surface area contributed by atoms with E-state index in [9.17, 15) is 0 Å². The Kier molecular flexibility index (Phi) is 7.94. The van der Waals surface area contributed by atoms with Gasteiger partial charge in [0.15, 0.2) is 0 Å². The molecule has 1 aromatic carbocycles. The molecule has 0 heterocycles. The molecular weight excluding hydrogens is 274 g/mol. The minimum Gasteiger partial charge on any atom is -0.375 e. The summed E-state index contributed by atoms with van der Waals surface area (Å²) in [5, 5.41) is 0. The zero-order valence-electron chi connectivity index (χ0n) is 13.6. The van der Waals surface area contributed by atoms with Crippen molar-refractivity contribution in [3.8, 4) is 0 Å². The predicted molar refractivity (Wildman–Crippen MR) is 95.8 cm³/mol. The van der Waals surface area contributed by atoms with Crippen LogP contribution < -0.4 is 0 Å². The number of allylic oxidation sites excluding steroid dienone is 2. The Morgan fingerprint density at radius 1 is 1.19 bits per heavy atom. The second-order valence-electron chi connectivity index (χ2n) is 6.06. The van der Waals surface area contributed by atoms with E-state index >= 15 is 0 Å². The molecule has 0 aliphatic rings.